The number of hydrogen-bond acceptors (Lipinski definition) is 3. The fourth-order valence-electron chi connectivity index (χ4n) is 3.68. The molecular weight excluding hydrogens is 368 g/mol. The number of nitrogens with zero attached hydrogens (tertiary/aromatic N) is 2. The molecule has 3 nitrogen and oxygen atoms in total. The average Bonchev–Trinajstić information content (AvgIpc) is 3.23. The molecule has 0 saturated carbocycles. The topological polar surface area (TPSA) is 25.4 Å². The summed E-state index contributed by atoms with van der Waals surface area (Å²) < 4.78 is 5.95. The van der Waals surface area contributed by atoms with Crippen LogP contribution in [0.25, 0.3) is 22.4 Å². The van der Waals surface area contributed by atoms with E-state index >= 15 is 0 Å². The Morgan fingerprint density at radius 1 is 0.964 bits per heavy atom. The maximum Gasteiger partial charge on any atom is 0.119 e. The molecule has 2 aromatic carbocycles. The highest BCUT2D eigenvalue weighted by atomic mass is 35.5. The van der Waals surface area contributed by atoms with Crippen molar-refractivity contribution in [2.45, 2.75) is 19.8 Å². The SMILES string of the molecule is Cc1cc(OCCN2CCCC2)ccc1-c1ccc(-c2ccc(Cl)cc2)cn1. The van der Waals surface area contributed by atoms with Crippen molar-refractivity contribution < 1.29 is 4.74 Å². The fraction of sp³-hybridized carbons (Fsp3) is 0.292. The predicted molar refractivity (Wildman–Crippen MR) is 116 cm³/mol. The van der Waals surface area contributed by atoms with Crippen LogP contribution < -0.4 is 4.74 Å². The van der Waals surface area contributed by atoms with E-state index in [4.69, 9.17) is 16.3 Å². The third-order valence-corrected chi connectivity index (χ3v) is 5.54. The van der Waals surface area contributed by atoms with Gasteiger partial charge >= 0.3 is 0 Å². The van der Waals surface area contributed by atoms with E-state index in [1.54, 1.807) is 0 Å². The van der Waals surface area contributed by atoms with Crippen LogP contribution >= 0.6 is 11.6 Å². The van der Waals surface area contributed by atoms with Crippen LogP contribution in [0.2, 0.25) is 5.02 Å². The van der Waals surface area contributed by atoms with Crippen molar-refractivity contribution in [1.29, 1.82) is 0 Å². The van der Waals surface area contributed by atoms with Gasteiger partial charge in [0.1, 0.15) is 12.4 Å². The van der Waals surface area contributed by atoms with Gasteiger partial charge in [0.25, 0.3) is 0 Å². The smallest absolute Gasteiger partial charge is 0.119 e. The van der Waals surface area contributed by atoms with Gasteiger partial charge in [-0.25, -0.2) is 0 Å². The van der Waals surface area contributed by atoms with Crippen molar-refractivity contribution >= 4 is 11.6 Å². The van der Waals surface area contributed by atoms with Crippen molar-refractivity contribution in [3.8, 4) is 28.1 Å². The summed E-state index contributed by atoms with van der Waals surface area (Å²) in [6, 6.07) is 18.2. The summed E-state index contributed by atoms with van der Waals surface area (Å²) in [6.45, 7) is 6.27. The second-order valence-corrected chi connectivity index (χ2v) is 7.75. The quantitative estimate of drug-likeness (QED) is 0.526. The Morgan fingerprint density at radius 3 is 2.39 bits per heavy atom. The maximum absolute atomic E-state index is 5.97. The number of aryl methyl sites for hydroxylation is 1. The number of halogens is 1. The molecule has 1 fully saturated rings. The third kappa shape index (κ3) is 4.54. The fourth-order valence-corrected chi connectivity index (χ4v) is 3.80. The lowest BCUT2D eigenvalue weighted by atomic mass is 10.0. The molecule has 4 rings (SSSR count). The number of ether oxygens (including phenoxy) is 1. The first-order valence-electron chi connectivity index (χ1n) is 9.87. The van der Waals surface area contributed by atoms with E-state index in [1.165, 1.54) is 31.5 Å². The van der Waals surface area contributed by atoms with Gasteiger partial charge in [-0.05, 0) is 80.4 Å². The minimum atomic E-state index is 0.742. The van der Waals surface area contributed by atoms with Crippen molar-refractivity contribution in [2.75, 3.05) is 26.2 Å². The Labute approximate surface area is 171 Å². The molecule has 0 aliphatic carbocycles. The molecule has 0 amide bonds. The first kappa shape index (κ1) is 19.0. The number of pyridine rings is 1. The van der Waals surface area contributed by atoms with E-state index in [0.717, 1.165) is 46.3 Å². The summed E-state index contributed by atoms with van der Waals surface area (Å²) in [5.41, 5.74) is 5.47. The molecule has 0 radical (unpaired) electrons. The highest BCUT2D eigenvalue weighted by molar-refractivity contribution is 6.30. The van der Waals surface area contributed by atoms with Crippen LogP contribution in [0, 0.1) is 6.92 Å². The van der Waals surface area contributed by atoms with Crippen molar-refractivity contribution in [3.63, 3.8) is 0 Å². The van der Waals surface area contributed by atoms with Gasteiger partial charge in [-0.3, -0.25) is 9.88 Å². The lowest BCUT2D eigenvalue weighted by Gasteiger charge is -2.15. The lowest BCUT2D eigenvalue weighted by Crippen LogP contribution is -2.25. The van der Waals surface area contributed by atoms with E-state index in [2.05, 4.69) is 41.1 Å². The highest BCUT2D eigenvalue weighted by Crippen LogP contribution is 2.28. The van der Waals surface area contributed by atoms with Gasteiger partial charge in [-0.2, -0.15) is 0 Å². The summed E-state index contributed by atoms with van der Waals surface area (Å²) in [6.07, 6.45) is 4.55. The van der Waals surface area contributed by atoms with Crippen molar-refractivity contribution in [1.82, 2.24) is 9.88 Å². The molecular formula is C24H25ClN2O. The van der Waals surface area contributed by atoms with Gasteiger partial charge in [-0.15, -0.1) is 0 Å². The maximum atomic E-state index is 5.97. The number of benzene rings is 2. The largest absolute Gasteiger partial charge is 0.492 e. The van der Waals surface area contributed by atoms with Gasteiger partial charge in [0.05, 0.1) is 5.69 Å². The summed E-state index contributed by atoms with van der Waals surface area (Å²) in [5, 5.41) is 0.742. The molecule has 28 heavy (non-hydrogen) atoms. The minimum Gasteiger partial charge on any atom is -0.492 e. The van der Waals surface area contributed by atoms with Gasteiger partial charge in [-0.1, -0.05) is 29.8 Å². The Hall–Kier alpha value is -2.36. The summed E-state index contributed by atoms with van der Waals surface area (Å²) in [5.74, 6) is 0.929. The molecule has 0 atom stereocenters. The van der Waals surface area contributed by atoms with E-state index in [-0.39, 0.29) is 0 Å². The number of likely N-dealkylation sites (tertiary alicyclic amines) is 1. The first-order valence-corrected chi connectivity index (χ1v) is 10.2. The van der Waals surface area contributed by atoms with Crippen LogP contribution in [-0.4, -0.2) is 36.1 Å². The molecule has 1 aromatic heterocycles. The standard InChI is InChI=1S/C24H25ClN2O/c1-18-16-22(28-15-14-27-12-2-3-13-27)9-10-23(18)24-11-6-20(17-26-24)19-4-7-21(25)8-5-19/h4-11,16-17H,2-3,12-15H2,1H3. The van der Waals surface area contributed by atoms with Gasteiger partial charge in [0, 0.05) is 28.9 Å². The van der Waals surface area contributed by atoms with Crippen LogP contribution in [0.1, 0.15) is 18.4 Å². The van der Waals surface area contributed by atoms with E-state index in [1.807, 2.05) is 36.5 Å². The molecule has 4 heteroatoms. The Morgan fingerprint density at radius 2 is 1.71 bits per heavy atom. The Bertz CT molecular complexity index is 916. The second kappa shape index (κ2) is 8.76. The third-order valence-electron chi connectivity index (χ3n) is 5.29. The van der Waals surface area contributed by atoms with Gasteiger partial charge in [0.15, 0.2) is 0 Å². The summed E-state index contributed by atoms with van der Waals surface area (Å²) in [7, 11) is 0. The zero-order valence-corrected chi connectivity index (χ0v) is 17.0. The molecule has 2 heterocycles. The van der Waals surface area contributed by atoms with E-state index < -0.39 is 0 Å². The number of rotatable bonds is 6. The highest BCUT2D eigenvalue weighted by Gasteiger charge is 2.11. The Balaban J connectivity index is 1.42. The van der Waals surface area contributed by atoms with Crippen LogP contribution in [0.5, 0.6) is 5.75 Å². The predicted octanol–water partition coefficient (Wildman–Crippen LogP) is 5.85. The zero-order chi connectivity index (χ0) is 19.3. The zero-order valence-electron chi connectivity index (χ0n) is 16.2. The number of aromatic nitrogens is 1. The molecule has 0 spiro atoms. The van der Waals surface area contributed by atoms with Crippen LogP contribution in [0.4, 0.5) is 0 Å². The van der Waals surface area contributed by atoms with E-state index in [9.17, 15) is 0 Å². The van der Waals surface area contributed by atoms with Crippen LogP contribution in [0.3, 0.4) is 0 Å². The Kier molecular flexibility index (Phi) is 5.94. The van der Waals surface area contributed by atoms with Crippen molar-refractivity contribution in [2.24, 2.45) is 0 Å². The monoisotopic (exact) mass is 392 g/mol. The molecule has 1 aliphatic heterocycles. The van der Waals surface area contributed by atoms with Crippen molar-refractivity contribution in [3.05, 3.63) is 71.4 Å². The molecule has 0 unspecified atom stereocenters. The second-order valence-electron chi connectivity index (χ2n) is 7.31. The molecule has 0 bridgehead atoms. The molecule has 144 valence electrons. The minimum absolute atomic E-state index is 0.742. The van der Waals surface area contributed by atoms with E-state index in [0.29, 0.717) is 0 Å². The number of hydrogen-bond donors (Lipinski definition) is 0. The van der Waals surface area contributed by atoms with Gasteiger partial charge < -0.3 is 4.74 Å². The molecule has 1 saturated heterocycles. The molecule has 1 aliphatic rings. The average molecular weight is 393 g/mol. The first-order chi connectivity index (χ1) is 13.7. The van der Waals surface area contributed by atoms with Crippen LogP contribution in [0.15, 0.2) is 60.8 Å². The lowest BCUT2D eigenvalue weighted by molar-refractivity contribution is 0.237. The summed E-state index contributed by atoms with van der Waals surface area (Å²) in [4.78, 5) is 7.14. The van der Waals surface area contributed by atoms with Crippen LogP contribution in [-0.2, 0) is 0 Å². The summed E-state index contributed by atoms with van der Waals surface area (Å²) >= 11 is 5.97. The molecule has 0 N–H and O–H groups in total. The molecule has 3 aromatic rings. The normalized spacial score (nSPS) is 14.4. The van der Waals surface area contributed by atoms with Gasteiger partial charge in [0.2, 0.25) is 0 Å².